The first-order valence-corrected chi connectivity index (χ1v) is 6.40. The van der Waals surface area contributed by atoms with Crippen LogP contribution in [0.25, 0.3) is 0 Å². The lowest BCUT2D eigenvalue weighted by atomic mass is 9.74. The largest absolute Gasteiger partial charge is 0.299 e. The Morgan fingerprint density at radius 2 is 1.83 bits per heavy atom. The fourth-order valence-corrected chi connectivity index (χ4v) is 2.58. The molecule has 1 nitrogen and oxygen atoms in total. The SMILES string of the molecule is Cc1ccc(CC(=O)C2Cc3ccccc32)cc1. The smallest absolute Gasteiger partial charge is 0.145 e. The zero-order valence-electron chi connectivity index (χ0n) is 10.5. The van der Waals surface area contributed by atoms with Crippen molar-refractivity contribution >= 4 is 5.78 Å². The molecule has 0 aliphatic heterocycles. The molecule has 0 saturated heterocycles. The quantitative estimate of drug-likeness (QED) is 0.797. The number of Topliss-reactive ketones (excluding diaryl/α,β-unsaturated/α-hetero) is 1. The van der Waals surface area contributed by atoms with Gasteiger partial charge in [0, 0.05) is 12.3 Å². The highest BCUT2D eigenvalue weighted by Crippen LogP contribution is 2.36. The molecular formula is C17H16O. The van der Waals surface area contributed by atoms with E-state index in [2.05, 4.69) is 43.3 Å². The molecule has 0 amide bonds. The van der Waals surface area contributed by atoms with Crippen LogP contribution in [0.15, 0.2) is 48.5 Å². The fourth-order valence-electron chi connectivity index (χ4n) is 2.58. The highest BCUT2D eigenvalue weighted by Gasteiger charge is 2.31. The lowest BCUT2D eigenvalue weighted by molar-refractivity contribution is -0.120. The first-order valence-electron chi connectivity index (χ1n) is 6.40. The van der Waals surface area contributed by atoms with Gasteiger partial charge in [0.2, 0.25) is 0 Å². The number of fused-ring (bicyclic) bond motifs is 1. The van der Waals surface area contributed by atoms with Crippen LogP contribution in [0.2, 0.25) is 0 Å². The van der Waals surface area contributed by atoms with Crippen LogP contribution in [0, 0.1) is 6.92 Å². The molecule has 1 heteroatoms. The second kappa shape index (κ2) is 4.41. The maximum atomic E-state index is 12.2. The van der Waals surface area contributed by atoms with Crippen molar-refractivity contribution in [3.05, 3.63) is 70.8 Å². The van der Waals surface area contributed by atoms with E-state index in [-0.39, 0.29) is 5.92 Å². The van der Waals surface area contributed by atoms with Crippen LogP contribution in [0.5, 0.6) is 0 Å². The topological polar surface area (TPSA) is 17.1 Å². The average molecular weight is 236 g/mol. The summed E-state index contributed by atoms with van der Waals surface area (Å²) >= 11 is 0. The molecule has 0 spiro atoms. The first kappa shape index (κ1) is 11.2. The summed E-state index contributed by atoms with van der Waals surface area (Å²) in [7, 11) is 0. The number of ketones is 1. The third-order valence-electron chi connectivity index (χ3n) is 3.74. The van der Waals surface area contributed by atoms with Crippen LogP contribution < -0.4 is 0 Å². The Labute approximate surface area is 107 Å². The summed E-state index contributed by atoms with van der Waals surface area (Å²) in [5, 5.41) is 0. The standard InChI is InChI=1S/C17H16O/c1-12-6-8-13(9-7-12)10-17(18)16-11-14-4-2-3-5-15(14)16/h2-9,16H,10-11H2,1H3. The van der Waals surface area contributed by atoms with Gasteiger partial charge in [-0.2, -0.15) is 0 Å². The number of hydrogen-bond donors (Lipinski definition) is 0. The van der Waals surface area contributed by atoms with Crippen molar-refractivity contribution in [2.45, 2.75) is 25.7 Å². The molecule has 1 aliphatic carbocycles. The minimum Gasteiger partial charge on any atom is -0.299 e. The molecule has 2 aromatic carbocycles. The van der Waals surface area contributed by atoms with Crippen LogP contribution in [0.3, 0.4) is 0 Å². The van der Waals surface area contributed by atoms with E-state index < -0.39 is 0 Å². The number of carbonyl (C=O) groups excluding carboxylic acids is 1. The normalized spacial score (nSPS) is 16.8. The monoisotopic (exact) mass is 236 g/mol. The molecule has 0 aromatic heterocycles. The van der Waals surface area contributed by atoms with Gasteiger partial charge in [0.1, 0.15) is 5.78 Å². The van der Waals surface area contributed by atoms with Gasteiger partial charge in [-0.3, -0.25) is 4.79 Å². The third-order valence-corrected chi connectivity index (χ3v) is 3.74. The predicted octanol–water partition coefficient (Wildman–Crippen LogP) is 3.45. The van der Waals surface area contributed by atoms with Gasteiger partial charge in [-0.05, 0) is 30.0 Å². The molecule has 18 heavy (non-hydrogen) atoms. The second-order valence-electron chi connectivity index (χ2n) is 5.08. The Morgan fingerprint density at radius 3 is 2.56 bits per heavy atom. The summed E-state index contributed by atoms with van der Waals surface area (Å²) in [4.78, 5) is 12.2. The number of rotatable bonds is 3. The van der Waals surface area contributed by atoms with Crippen LogP contribution in [0.4, 0.5) is 0 Å². The molecule has 1 unspecified atom stereocenters. The predicted molar refractivity (Wildman–Crippen MR) is 72.8 cm³/mol. The highest BCUT2D eigenvalue weighted by molar-refractivity contribution is 5.90. The summed E-state index contributed by atoms with van der Waals surface area (Å²) in [5.41, 5.74) is 4.92. The Morgan fingerprint density at radius 1 is 1.11 bits per heavy atom. The van der Waals surface area contributed by atoms with Crippen molar-refractivity contribution < 1.29 is 4.79 Å². The van der Waals surface area contributed by atoms with Gasteiger partial charge < -0.3 is 0 Å². The zero-order valence-corrected chi connectivity index (χ0v) is 10.5. The fraction of sp³-hybridized carbons (Fsp3) is 0.235. The molecule has 0 heterocycles. The molecule has 0 radical (unpaired) electrons. The number of hydrogen-bond acceptors (Lipinski definition) is 1. The van der Waals surface area contributed by atoms with Crippen molar-refractivity contribution in [2.24, 2.45) is 0 Å². The van der Waals surface area contributed by atoms with E-state index in [1.165, 1.54) is 16.7 Å². The number of aryl methyl sites for hydroxylation is 1. The van der Waals surface area contributed by atoms with Gasteiger partial charge in [0.25, 0.3) is 0 Å². The minimum atomic E-state index is 0.127. The first-order chi connectivity index (χ1) is 8.74. The number of benzene rings is 2. The second-order valence-corrected chi connectivity index (χ2v) is 5.08. The van der Waals surface area contributed by atoms with E-state index in [1.807, 2.05) is 12.1 Å². The maximum absolute atomic E-state index is 12.2. The lowest BCUT2D eigenvalue weighted by Gasteiger charge is -2.28. The lowest BCUT2D eigenvalue weighted by Crippen LogP contribution is -2.26. The molecular weight excluding hydrogens is 220 g/mol. The van der Waals surface area contributed by atoms with E-state index in [0.717, 1.165) is 12.0 Å². The van der Waals surface area contributed by atoms with E-state index in [4.69, 9.17) is 0 Å². The molecule has 0 saturated carbocycles. The molecule has 0 fully saturated rings. The van der Waals surface area contributed by atoms with Crippen molar-refractivity contribution in [2.75, 3.05) is 0 Å². The molecule has 1 aliphatic rings. The molecule has 90 valence electrons. The van der Waals surface area contributed by atoms with Gasteiger partial charge in [0.15, 0.2) is 0 Å². The number of carbonyl (C=O) groups is 1. The van der Waals surface area contributed by atoms with Gasteiger partial charge in [0.05, 0.1) is 0 Å². The van der Waals surface area contributed by atoms with Crippen molar-refractivity contribution in [1.29, 1.82) is 0 Å². The van der Waals surface area contributed by atoms with E-state index >= 15 is 0 Å². The molecule has 2 aromatic rings. The van der Waals surface area contributed by atoms with Crippen LogP contribution in [0.1, 0.15) is 28.2 Å². The zero-order chi connectivity index (χ0) is 12.5. The van der Waals surface area contributed by atoms with Gasteiger partial charge in [-0.15, -0.1) is 0 Å². The Kier molecular flexibility index (Phi) is 2.75. The Balaban J connectivity index is 1.72. The van der Waals surface area contributed by atoms with E-state index in [0.29, 0.717) is 12.2 Å². The van der Waals surface area contributed by atoms with Crippen LogP contribution in [-0.4, -0.2) is 5.78 Å². The van der Waals surface area contributed by atoms with Crippen molar-refractivity contribution in [1.82, 2.24) is 0 Å². The summed E-state index contributed by atoms with van der Waals surface area (Å²) in [6.07, 6.45) is 1.47. The van der Waals surface area contributed by atoms with Gasteiger partial charge >= 0.3 is 0 Å². The van der Waals surface area contributed by atoms with Crippen molar-refractivity contribution in [3.8, 4) is 0 Å². The summed E-state index contributed by atoms with van der Waals surface area (Å²) < 4.78 is 0. The maximum Gasteiger partial charge on any atom is 0.145 e. The van der Waals surface area contributed by atoms with Crippen LogP contribution >= 0.6 is 0 Å². The summed E-state index contributed by atoms with van der Waals surface area (Å²) in [6, 6.07) is 16.5. The molecule has 1 atom stereocenters. The van der Waals surface area contributed by atoms with Gasteiger partial charge in [-0.1, -0.05) is 54.1 Å². The molecule has 3 rings (SSSR count). The Bertz CT molecular complexity index is 581. The summed E-state index contributed by atoms with van der Waals surface area (Å²) in [6.45, 7) is 2.06. The average Bonchev–Trinajstić information content (AvgIpc) is 2.34. The summed E-state index contributed by atoms with van der Waals surface area (Å²) in [5.74, 6) is 0.472. The van der Waals surface area contributed by atoms with Crippen LogP contribution in [-0.2, 0) is 17.6 Å². The minimum absolute atomic E-state index is 0.127. The Hall–Kier alpha value is -1.89. The third kappa shape index (κ3) is 1.97. The molecule has 0 bridgehead atoms. The van der Waals surface area contributed by atoms with E-state index in [1.54, 1.807) is 0 Å². The van der Waals surface area contributed by atoms with Crippen molar-refractivity contribution in [3.63, 3.8) is 0 Å². The molecule has 0 N–H and O–H groups in total. The van der Waals surface area contributed by atoms with Gasteiger partial charge in [-0.25, -0.2) is 0 Å². The van der Waals surface area contributed by atoms with E-state index in [9.17, 15) is 4.79 Å². The highest BCUT2D eigenvalue weighted by atomic mass is 16.1.